The highest BCUT2D eigenvalue weighted by molar-refractivity contribution is 6.02. The number of benzene rings is 2. The first-order valence-corrected chi connectivity index (χ1v) is 11.8. The van der Waals surface area contributed by atoms with Gasteiger partial charge >= 0.3 is 0 Å². The van der Waals surface area contributed by atoms with E-state index in [0.29, 0.717) is 47.6 Å². The number of ether oxygens (including phenoxy) is 2. The van der Waals surface area contributed by atoms with Crippen molar-refractivity contribution in [3.63, 3.8) is 0 Å². The zero-order chi connectivity index (χ0) is 25.1. The highest BCUT2D eigenvalue weighted by atomic mass is 16.5. The predicted octanol–water partition coefficient (Wildman–Crippen LogP) is 4.03. The smallest absolute Gasteiger partial charge is 0.251 e. The summed E-state index contributed by atoms with van der Waals surface area (Å²) in [6.07, 6.45) is 3.65. The number of aromatic amines is 1. The van der Waals surface area contributed by atoms with Crippen molar-refractivity contribution in [3.05, 3.63) is 54.2 Å². The van der Waals surface area contributed by atoms with Crippen molar-refractivity contribution in [3.8, 4) is 22.6 Å². The molecule has 2 aromatic carbocycles. The molecular weight excluding hydrogens is 460 g/mol. The Hall–Kier alpha value is -4.31. The van der Waals surface area contributed by atoms with Crippen molar-refractivity contribution in [1.82, 2.24) is 20.3 Å². The summed E-state index contributed by atoms with van der Waals surface area (Å²) in [6.45, 7) is 1.40. The van der Waals surface area contributed by atoms with Gasteiger partial charge in [-0.15, -0.1) is 0 Å². The Morgan fingerprint density at radius 1 is 1.14 bits per heavy atom. The van der Waals surface area contributed by atoms with Crippen LogP contribution in [0.2, 0.25) is 0 Å². The van der Waals surface area contributed by atoms with E-state index in [1.165, 1.54) is 0 Å². The molecule has 1 aliphatic rings. The summed E-state index contributed by atoms with van der Waals surface area (Å²) in [5, 5.41) is 20.0. The maximum atomic E-state index is 12.0. The number of rotatable bonds is 7. The molecular formula is C26H28N6O4. The molecule has 0 aliphatic carbocycles. The van der Waals surface area contributed by atoms with Crippen LogP contribution in [0, 0.1) is 0 Å². The minimum atomic E-state index is -0.200. The number of amides is 1. The van der Waals surface area contributed by atoms with E-state index in [2.05, 4.69) is 20.9 Å². The summed E-state index contributed by atoms with van der Waals surface area (Å²) >= 11 is 0. The average molecular weight is 489 g/mol. The topological polar surface area (TPSA) is 133 Å². The zero-order valence-electron chi connectivity index (χ0n) is 20.1. The number of carbonyl (C=O) groups is 1. The van der Waals surface area contributed by atoms with Gasteiger partial charge in [0.05, 0.1) is 18.2 Å². The van der Waals surface area contributed by atoms with Crippen LogP contribution in [0.5, 0.6) is 11.5 Å². The molecule has 3 heterocycles. The molecule has 4 aromatic rings. The van der Waals surface area contributed by atoms with E-state index in [-0.39, 0.29) is 17.7 Å². The van der Waals surface area contributed by atoms with Crippen LogP contribution in [0.3, 0.4) is 0 Å². The number of phenolic OH excluding ortho intramolecular Hbond substituents is 1. The first-order chi connectivity index (χ1) is 17.6. The van der Waals surface area contributed by atoms with Crippen LogP contribution >= 0.6 is 0 Å². The molecule has 0 atom stereocenters. The number of fused-ring (bicyclic) bond motifs is 1. The minimum Gasteiger partial charge on any atom is -0.508 e. The quantitative estimate of drug-likeness (QED) is 0.263. The number of aromatic nitrogens is 3. The molecule has 0 radical (unpaired) electrons. The Morgan fingerprint density at radius 3 is 2.64 bits per heavy atom. The molecule has 10 nitrogen and oxygen atoms in total. The summed E-state index contributed by atoms with van der Waals surface area (Å²) in [6, 6.07) is 12.4. The first-order valence-electron chi connectivity index (χ1n) is 11.8. The van der Waals surface area contributed by atoms with Gasteiger partial charge in [0, 0.05) is 43.6 Å². The Kier molecular flexibility index (Phi) is 6.59. The lowest BCUT2D eigenvalue weighted by Crippen LogP contribution is -2.28. The van der Waals surface area contributed by atoms with E-state index < -0.39 is 0 Å². The van der Waals surface area contributed by atoms with Crippen molar-refractivity contribution >= 4 is 34.4 Å². The molecule has 0 spiro atoms. The van der Waals surface area contributed by atoms with Gasteiger partial charge in [0.2, 0.25) is 5.95 Å². The largest absolute Gasteiger partial charge is 0.508 e. The predicted molar refractivity (Wildman–Crippen MR) is 138 cm³/mol. The fourth-order valence-corrected chi connectivity index (χ4v) is 4.30. The maximum Gasteiger partial charge on any atom is 0.251 e. The number of hydrogen-bond acceptors (Lipinski definition) is 8. The second kappa shape index (κ2) is 10.1. The van der Waals surface area contributed by atoms with E-state index in [4.69, 9.17) is 19.4 Å². The van der Waals surface area contributed by atoms with Crippen molar-refractivity contribution in [2.45, 2.75) is 18.9 Å². The Morgan fingerprint density at radius 2 is 1.92 bits per heavy atom. The summed E-state index contributed by atoms with van der Waals surface area (Å²) < 4.78 is 11.0. The van der Waals surface area contributed by atoms with Crippen LogP contribution < -0.4 is 20.7 Å². The number of aromatic hydroxyl groups is 1. The number of anilines is 3. The molecule has 1 amide bonds. The number of nitrogens with zero attached hydrogens (tertiary/aromatic N) is 2. The van der Waals surface area contributed by atoms with Crippen LogP contribution in [0.1, 0.15) is 23.2 Å². The fraction of sp³-hybridized carbons (Fsp3) is 0.269. The van der Waals surface area contributed by atoms with Crippen LogP contribution in [0.4, 0.5) is 17.5 Å². The van der Waals surface area contributed by atoms with Gasteiger partial charge in [-0.2, -0.15) is 9.97 Å². The molecule has 2 aromatic heterocycles. The van der Waals surface area contributed by atoms with Crippen molar-refractivity contribution < 1.29 is 19.4 Å². The Labute approximate surface area is 208 Å². The number of methoxy groups -OCH3 is 1. The van der Waals surface area contributed by atoms with Gasteiger partial charge < -0.3 is 35.5 Å². The zero-order valence-corrected chi connectivity index (χ0v) is 20.1. The van der Waals surface area contributed by atoms with Crippen LogP contribution in [0.25, 0.3) is 22.2 Å². The van der Waals surface area contributed by atoms with Gasteiger partial charge in [-0.05, 0) is 48.7 Å². The molecule has 1 aliphatic heterocycles. The second-order valence-corrected chi connectivity index (χ2v) is 8.52. The molecule has 5 N–H and O–H groups in total. The number of nitrogens with one attached hydrogen (secondary N) is 4. The monoisotopic (exact) mass is 488 g/mol. The molecule has 1 saturated heterocycles. The van der Waals surface area contributed by atoms with Crippen molar-refractivity contribution in [2.75, 3.05) is 38.0 Å². The van der Waals surface area contributed by atoms with E-state index in [9.17, 15) is 9.90 Å². The molecule has 5 rings (SSSR count). The van der Waals surface area contributed by atoms with Gasteiger partial charge in [-0.25, -0.2) is 0 Å². The van der Waals surface area contributed by atoms with Crippen LogP contribution in [-0.4, -0.2) is 59.4 Å². The normalized spacial score (nSPS) is 13.9. The lowest BCUT2D eigenvalue weighted by atomic mass is 10.0. The molecule has 10 heteroatoms. The third-order valence-electron chi connectivity index (χ3n) is 6.21. The Bertz CT molecular complexity index is 1380. The molecule has 36 heavy (non-hydrogen) atoms. The molecule has 0 unspecified atom stereocenters. The fourth-order valence-electron chi connectivity index (χ4n) is 4.30. The summed E-state index contributed by atoms with van der Waals surface area (Å²) in [7, 11) is 3.13. The van der Waals surface area contributed by atoms with Gasteiger partial charge in [0.1, 0.15) is 23.0 Å². The lowest BCUT2D eigenvalue weighted by molar-refractivity contribution is 0.0904. The SMILES string of the molecule is CNC(=O)c1ccc(Nc2nc(NC3CCOCC3)c3c(-c4ccc(O)cc4)c[nH]c3n2)c(OC)c1. The van der Waals surface area contributed by atoms with Gasteiger partial charge in [-0.1, -0.05) is 12.1 Å². The van der Waals surface area contributed by atoms with Crippen molar-refractivity contribution in [2.24, 2.45) is 0 Å². The average Bonchev–Trinajstić information content (AvgIpc) is 3.34. The first kappa shape index (κ1) is 23.4. The van der Waals surface area contributed by atoms with Crippen LogP contribution in [-0.2, 0) is 4.74 Å². The van der Waals surface area contributed by atoms with E-state index >= 15 is 0 Å². The third-order valence-corrected chi connectivity index (χ3v) is 6.21. The summed E-state index contributed by atoms with van der Waals surface area (Å²) in [5.41, 5.74) is 3.64. The number of H-pyrrole nitrogens is 1. The van der Waals surface area contributed by atoms with Gasteiger partial charge in [0.25, 0.3) is 5.91 Å². The number of carbonyl (C=O) groups excluding carboxylic acids is 1. The molecule has 0 saturated carbocycles. The van der Waals surface area contributed by atoms with E-state index in [1.54, 1.807) is 44.5 Å². The lowest BCUT2D eigenvalue weighted by Gasteiger charge is -2.24. The van der Waals surface area contributed by atoms with Crippen LogP contribution in [0.15, 0.2) is 48.7 Å². The van der Waals surface area contributed by atoms with Gasteiger partial charge in [-0.3, -0.25) is 4.79 Å². The highest BCUT2D eigenvalue weighted by Gasteiger charge is 2.20. The molecule has 186 valence electrons. The minimum absolute atomic E-state index is 0.200. The van der Waals surface area contributed by atoms with Gasteiger partial charge in [0.15, 0.2) is 0 Å². The maximum absolute atomic E-state index is 12.0. The molecule has 1 fully saturated rings. The second-order valence-electron chi connectivity index (χ2n) is 8.52. The number of phenols is 1. The highest BCUT2D eigenvalue weighted by Crippen LogP contribution is 2.36. The standard InChI is InChI=1S/C26H28N6O4/c1-27-25(34)16-5-8-20(21(13-16)35-2)30-26-31-23-22(24(32-26)29-17-9-11-36-12-10-17)19(14-28-23)15-3-6-18(33)7-4-15/h3-8,13-14,17,33H,9-12H2,1-2H3,(H,27,34)(H3,28,29,30,31,32). The Balaban J connectivity index is 1.55. The van der Waals surface area contributed by atoms with E-state index in [1.807, 2.05) is 18.3 Å². The number of hydrogen-bond donors (Lipinski definition) is 5. The molecule has 0 bridgehead atoms. The van der Waals surface area contributed by atoms with Crippen molar-refractivity contribution in [1.29, 1.82) is 0 Å². The summed E-state index contributed by atoms with van der Waals surface area (Å²) in [4.78, 5) is 24.8. The third kappa shape index (κ3) is 4.76. The van der Waals surface area contributed by atoms with E-state index in [0.717, 1.165) is 29.4 Å². The summed E-state index contributed by atoms with van der Waals surface area (Å²) in [5.74, 6) is 1.57.